The third-order valence-corrected chi connectivity index (χ3v) is 4.17. The summed E-state index contributed by atoms with van der Waals surface area (Å²) in [7, 11) is -3.39. The fraction of sp³-hybridized carbons (Fsp3) is 0.538. The van der Waals surface area contributed by atoms with Gasteiger partial charge in [0.25, 0.3) is 0 Å². The summed E-state index contributed by atoms with van der Waals surface area (Å²) >= 11 is 0. The first-order valence-electron chi connectivity index (χ1n) is 6.53. The van der Waals surface area contributed by atoms with Crippen LogP contribution in [0.4, 0.5) is 5.69 Å². The van der Waals surface area contributed by atoms with Gasteiger partial charge in [-0.1, -0.05) is 12.1 Å². The second-order valence-electron chi connectivity index (χ2n) is 4.59. The number of rotatable bonds is 9. The Balaban J connectivity index is 2.38. The molecule has 6 nitrogen and oxygen atoms in total. The number of benzene rings is 1. The van der Waals surface area contributed by atoms with Crippen molar-refractivity contribution in [2.24, 2.45) is 0 Å². The summed E-state index contributed by atoms with van der Waals surface area (Å²) < 4.78 is 31.5. The Kier molecular flexibility index (Phi) is 6.77. The first-order chi connectivity index (χ1) is 9.44. The SMILES string of the molecule is CC(CCCO)NS(=O)(=O)CCOc1ccccc1N. The normalized spacial score (nSPS) is 13.1. The minimum absolute atomic E-state index is 0.0380. The van der Waals surface area contributed by atoms with Crippen LogP contribution < -0.4 is 15.2 Å². The van der Waals surface area contributed by atoms with Crippen LogP contribution in [-0.2, 0) is 10.0 Å². The minimum Gasteiger partial charge on any atom is -0.490 e. The standard InChI is InChI=1S/C13H22N2O4S/c1-11(5-4-8-16)15-20(17,18)10-9-19-13-7-3-2-6-12(13)14/h2-3,6-7,11,15-16H,4-5,8-10,14H2,1H3. The molecule has 0 fully saturated rings. The molecular formula is C13H22N2O4S. The summed E-state index contributed by atoms with van der Waals surface area (Å²) in [4.78, 5) is 0. The zero-order valence-electron chi connectivity index (χ0n) is 11.6. The van der Waals surface area contributed by atoms with Gasteiger partial charge in [-0.05, 0) is 31.9 Å². The summed E-state index contributed by atoms with van der Waals surface area (Å²) in [6.45, 7) is 1.86. The first-order valence-corrected chi connectivity index (χ1v) is 8.18. The van der Waals surface area contributed by atoms with E-state index in [9.17, 15) is 8.42 Å². The second-order valence-corrected chi connectivity index (χ2v) is 6.46. The number of aliphatic hydroxyl groups excluding tert-OH is 1. The lowest BCUT2D eigenvalue weighted by atomic mass is 10.2. The molecule has 0 aliphatic carbocycles. The highest BCUT2D eigenvalue weighted by molar-refractivity contribution is 7.89. The highest BCUT2D eigenvalue weighted by Crippen LogP contribution is 2.19. The summed E-state index contributed by atoms with van der Waals surface area (Å²) in [5, 5.41) is 8.70. The topological polar surface area (TPSA) is 102 Å². The van der Waals surface area contributed by atoms with Gasteiger partial charge in [0.15, 0.2) is 0 Å². The molecule has 1 unspecified atom stereocenters. The third kappa shape index (κ3) is 6.23. The maximum atomic E-state index is 11.8. The van der Waals surface area contributed by atoms with Crippen molar-refractivity contribution in [2.75, 3.05) is 24.7 Å². The minimum atomic E-state index is -3.39. The highest BCUT2D eigenvalue weighted by Gasteiger charge is 2.14. The smallest absolute Gasteiger partial charge is 0.215 e. The molecule has 0 heterocycles. The van der Waals surface area contributed by atoms with Crippen molar-refractivity contribution >= 4 is 15.7 Å². The van der Waals surface area contributed by atoms with Gasteiger partial charge >= 0.3 is 0 Å². The maximum Gasteiger partial charge on any atom is 0.215 e. The maximum absolute atomic E-state index is 11.8. The summed E-state index contributed by atoms with van der Waals surface area (Å²) in [6, 6.07) is 6.74. The number of hydrogen-bond donors (Lipinski definition) is 3. The predicted octanol–water partition coefficient (Wildman–Crippen LogP) is 0.728. The highest BCUT2D eigenvalue weighted by atomic mass is 32.2. The van der Waals surface area contributed by atoms with E-state index in [1.807, 2.05) is 0 Å². The van der Waals surface area contributed by atoms with E-state index in [1.165, 1.54) is 0 Å². The largest absolute Gasteiger partial charge is 0.490 e. The molecule has 0 aromatic heterocycles. The van der Waals surface area contributed by atoms with Gasteiger partial charge in [0.1, 0.15) is 12.4 Å². The number of ether oxygens (including phenoxy) is 1. The lowest BCUT2D eigenvalue weighted by Crippen LogP contribution is -2.36. The third-order valence-electron chi connectivity index (χ3n) is 2.70. The van der Waals surface area contributed by atoms with Crippen LogP contribution in [-0.4, -0.2) is 38.5 Å². The fourth-order valence-electron chi connectivity index (χ4n) is 1.70. The van der Waals surface area contributed by atoms with Gasteiger partial charge < -0.3 is 15.6 Å². The monoisotopic (exact) mass is 302 g/mol. The Hall–Kier alpha value is -1.31. The van der Waals surface area contributed by atoms with Crippen LogP contribution >= 0.6 is 0 Å². The van der Waals surface area contributed by atoms with E-state index < -0.39 is 10.0 Å². The number of aliphatic hydroxyl groups is 1. The summed E-state index contributed by atoms with van der Waals surface area (Å²) in [5.74, 6) is 0.348. The molecule has 0 aliphatic rings. The van der Waals surface area contributed by atoms with Crippen LogP contribution in [0, 0.1) is 0 Å². The number of nitrogens with one attached hydrogen (secondary N) is 1. The van der Waals surface area contributed by atoms with Crippen molar-refractivity contribution in [3.8, 4) is 5.75 Å². The van der Waals surface area contributed by atoms with E-state index in [0.717, 1.165) is 0 Å². The van der Waals surface area contributed by atoms with Crippen molar-refractivity contribution < 1.29 is 18.3 Å². The van der Waals surface area contributed by atoms with E-state index in [1.54, 1.807) is 31.2 Å². The number of anilines is 1. The van der Waals surface area contributed by atoms with Crippen molar-refractivity contribution in [1.82, 2.24) is 4.72 Å². The van der Waals surface area contributed by atoms with Gasteiger partial charge in [-0.25, -0.2) is 13.1 Å². The molecule has 1 rings (SSSR count). The zero-order chi connectivity index (χ0) is 15.0. The van der Waals surface area contributed by atoms with Crippen LogP contribution in [0.3, 0.4) is 0 Å². The molecule has 0 amide bonds. The molecule has 20 heavy (non-hydrogen) atoms. The Morgan fingerprint density at radius 2 is 2.10 bits per heavy atom. The molecular weight excluding hydrogens is 280 g/mol. The number of nitrogens with two attached hydrogens (primary N) is 1. The van der Waals surface area contributed by atoms with E-state index in [0.29, 0.717) is 24.3 Å². The quantitative estimate of drug-likeness (QED) is 0.584. The molecule has 0 bridgehead atoms. The van der Waals surface area contributed by atoms with Gasteiger partial charge in [0.2, 0.25) is 10.0 Å². The van der Waals surface area contributed by atoms with Gasteiger partial charge in [-0.15, -0.1) is 0 Å². The molecule has 0 spiro atoms. The molecule has 7 heteroatoms. The van der Waals surface area contributed by atoms with Crippen LogP contribution in [0.25, 0.3) is 0 Å². The lowest BCUT2D eigenvalue weighted by molar-refractivity contribution is 0.279. The average Bonchev–Trinajstić information content (AvgIpc) is 2.38. The Morgan fingerprint density at radius 3 is 2.75 bits per heavy atom. The Labute approximate surface area is 120 Å². The Morgan fingerprint density at radius 1 is 1.40 bits per heavy atom. The summed E-state index contributed by atoms with van der Waals surface area (Å²) in [6.07, 6.45) is 1.17. The molecule has 1 atom stereocenters. The van der Waals surface area contributed by atoms with Gasteiger partial charge in [0, 0.05) is 12.6 Å². The Bertz CT molecular complexity index is 505. The van der Waals surface area contributed by atoms with Crippen LogP contribution in [0.1, 0.15) is 19.8 Å². The lowest BCUT2D eigenvalue weighted by Gasteiger charge is -2.14. The van der Waals surface area contributed by atoms with Crippen molar-refractivity contribution in [2.45, 2.75) is 25.8 Å². The van der Waals surface area contributed by atoms with Gasteiger partial charge in [-0.3, -0.25) is 0 Å². The van der Waals surface area contributed by atoms with E-state index >= 15 is 0 Å². The number of hydrogen-bond acceptors (Lipinski definition) is 5. The second kappa shape index (κ2) is 8.08. The van der Waals surface area contributed by atoms with Crippen molar-refractivity contribution in [3.63, 3.8) is 0 Å². The molecule has 0 aliphatic heterocycles. The van der Waals surface area contributed by atoms with E-state index in [2.05, 4.69) is 4.72 Å². The van der Waals surface area contributed by atoms with Gasteiger partial charge in [0.05, 0.1) is 11.4 Å². The van der Waals surface area contributed by atoms with Crippen LogP contribution in [0.15, 0.2) is 24.3 Å². The first kappa shape index (κ1) is 16.7. The van der Waals surface area contributed by atoms with Crippen LogP contribution in [0.5, 0.6) is 5.75 Å². The van der Waals surface area contributed by atoms with Crippen molar-refractivity contribution in [3.05, 3.63) is 24.3 Å². The van der Waals surface area contributed by atoms with Crippen LogP contribution in [0.2, 0.25) is 0 Å². The molecule has 0 radical (unpaired) electrons. The number of nitrogen functional groups attached to an aromatic ring is 1. The predicted molar refractivity (Wildman–Crippen MR) is 79.1 cm³/mol. The number of para-hydroxylation sites is 2. The molecule has 1 aromatic carbocycles. The van der Waals surface area contributed by atoms with E-state index in [-0.39, 0.29) is 25.0 Å². The fourth-order valence-corrected chi connectivity index (χ4v) is 2.85. The molecule has 114 valence electrons. The molecule has 0 saturated heterocycles. The molecule has 4 N–H and O–H groups in total. The number of sulfonamides is 1. The van der Waals surface area contributed by atoms with Gasteiger partial charge in [-0.2, -0.15) is 0 Å². The zero-order valence-corrected chi connectivity index (χ0v) is 12.4. The molecule has 1 aromatic rings. The van der Waals surface area contributed by atoms with E-state index in [4.69, 9.17) is 15.6 Å². The average molecular weight is 302 g/mol. The van der Waals surface area contributed by atoms with Crippen molar-refractivity contribution in [1.29, 1.82) is 0 Å². The summed E-state index contributed by atoms with van der Waals surface area (Å²) in [5.41, 5.74) is 6.17. The molecule has 0 saturated carbocycles.